The van der Waals surface area contributed by atoms with Crippen LogP contribution in [0.1, 0.15) is 37.5 Å². The van der Waals surface area contributed by atoms with E-state index in [0.29, 0.717) is 25.3 Å². The molecule has 2 amide bonds. The van der Waals surface area contributed by atoms with Gasteiger partial charge in [0.15, 0.2) is 0 Å². The van der Waals surface area contributed by atoms with E-state index in [-0.39, 0.29) is 6.54 Å². The number of carbonyl (C=O) groups excluding carboxylic acids is 2. The molecule has 10 nitrogen and oxygen atoms in total. The minimum Gasteiger partial charge on any atom is -0.489 e. The van der Waals surface area contributed by atoms with E-state index in [9.17, 15) is 14.7 Å². The highest BCUT2D eigenvalue weighted by Gasteiger charge is 2.35. The molecule has 0 fully saturated rings. The third-order valence-electron chi connectivity index (χ3n) is 8.01. The zero-order valence-corrected chi connectivity index (χ0v) is 28.4. The van der Waals surface area contributed by atoms with Gasteiger partial charge in [-0.1, -0.05) is 93.6 Å². The summed E-state index contributed by atoms with van der Waals surface area (Å²) in [4.78, 5) is 30.2. The van der Waals surface area contributed by atoms with Crippen LogP contribution in [0.2, 0.25) is 0 Å². The minimum absolute atomic E-state index is 0.215. The molecule has 1 heterocycles. The molecule has 0 aliphatic heterocycles. The molecule has 0 spiro atoms. The van der Waals surface area contributed by atoms with E-state index >= 15 is 0 Å². The van der Waals surface area contributed by atoms with E-state index in [1.54, 1.807) is 13.2 Å². The molecule has 3 aromatic carbocycles. The number of aliphatic hydroxyl groups is 1. The van der Waals surface area contributed by atoms with Crippen LogP contribution >= 0.6 is 0 Å². The van der Waals surface area contributed by atoms with Crippen molar-refractivity contribution in [2.75, 3.05) is 20.7 Å². The Bertz CT molecular complexity index is 1560. The Balaban J connectivity index is 1.48. The van der Waals surface area contributed by atoms with Crippen molar-refractivity contribution in [1.29, 1.82) is 0 Å². The maximum atomic E-state index is 13.7. The molecule has 0 saturated heterocycles. The lowest BCUT2D eigenvalue weighted by molar-refractivity contribution is -0.127. The van der Waals surface area contributed by atoms with Gasteiger partial charge in [-0.15, -0.1) is 0 Å². The second kappa shape index (κ2) is 17.4. The van der Waals surface area contributed by atoms with E-state index in [4.69, 9.17) is 9.47 Å². The summed E-state index contributed by atoms with van der Waals surface area (Å²) in [5.41, 5.74) is 7.48. The lowest BCUT2D eigenvalue weighted by atomic mass is 9.85. The summed E-state index contributed by atoms with van der Waals surface area (Å²) < 4.78 is 10.7. The van der Waals surface area contributed by atoms with E-state index in [1.165, 1.54) is 7.11 Å². The maximum absolute atomic E-state index is 13.7. The first-order chi connectivity index (χ1) is 23.0. The van der Waals surface area contributed by atoms with Gasteiger partial charge in [-0.05, 0) is 59.8 Å². The molecule has 0 radical (unpaired) electrons. The molecule has 3 atom stereocenters. The van der Waals surface area contributed by atoms with Crippen LogP contribution in [0, 0.1) is 5.41 Å². The summed E-state index contributed by atoms with van der Waals surface area (Å²) in [6.45, 7) is 6.74. The van der Waals surface area contributed by atoms with Crippen molar-refractivity contribution < 1.29 is 24.2 Å². The standard InChI is InChI=1S/C38H47N5O5/c1-38(2,3)35(42-37(46)47-5)36(45)41-33(23-27-16-20-31(21-17-27)48-26-29-11-7-6-8-12-29)34(44)25-43(39-4)24-28-14-18-30(19-15-28)32-13-9-10-22-40-32/h6-22,33-35,39,44H,23-26H2,1-5H3,(H,41,45)(H,42,46)/t33-,34-,35+/m0/s1. The molecule has 0 aliphatic rings. The number of nitrogens with one attached hydrogen (secondary N) is 3. The second-order valence-corrected chi connectivity index (χ2v) is 12.8. The second-order valence-electron chi connectivity index (χ2n) is 12.8. The first-order valence-corrected chi connectivity index (χ1v) is 16.1. The molecule has 1 aromatic heterocycles. The number of carbonyl (C=O) groups is 2. The number of amides is 2. The van der Waals surface area contributed by atoms with E-state index in [2.05, 4.69) is 21.0 Å². The number of pyridine rings is 1. The maximum Gasteiger partial charge on any atom is 0.407 e. The Morgan fingerprint density at radius 1 is 0.854 bits per heavy atom. The highest BCUT2D eigenvalue weighted by molar-refractivity contribution is 5.86. The van der Waals surface area contributed by atoms with Crippen molar-refractivity contribution in [1.82, 2.24) is 26.1 Å². The molecular weight excluding hydrogens is 606 g/mol. The molecular formula is C38H47N5O5. The smallest absolute Gasteiger partial charge is 0.407 e. The number of hydrogen-bond acceptors (Lipinski definition) is 8. The van der Waals surface area contributed by atoms with E-state index < -0.39 is 35.6 Å². The van der Waals surface area contributed by atoms with Crippen LogP contribution in [0.15, 0.2) is 103 Å². The number of hydrazine groups is 1. The summed E-state index contributed by atoms with van der Waals surface area (Å²) in [5, 5.41) is 19.2. The van der Waals surface area contributed by atoms with Gasteiger partial charge in [-0.2, -0.15) is 0 Å². The molecule has 4 aromatic rings. The highest BCUT2D eigenvalue weighted by atomic mass is 16.5. The summed E-state index contributed by atoms with van der Waals surface area (Å²) in [7, 11) is 3.05. The zero-order chi connectivity index (χ0) is 34.5. The number of methoxy groups -OCH3 is 1. The predicted octanol–water partition coefficient (Wildman–Crippen LogP) is 5.12. The largest absolute Gasteiger partial charge is 0.489 e. The van der Waals surface area contributed by atoms with E-state index in [0.717, 1.165) is 27.9 Å². The Labute approximate surface area is 283 Å². The fourth-order valence-electron chi connectivity index (χ4n) is 5.24. The Hall–Kier alpha value is -4.77. The van der Waals surface area contributed by atoms with Crippen molar-refractivity contribution in [3.63, 3.8) is 0 Å². The summed E-state index contributed by atoms with van der Waals surface area (Å²) in [6.07, 6.45) is 0.439. The molecule has 0 unspecified atom stereocenters. The molecule has 10 heteroatoms. The van der Waals surface area contributed by atoms with Crippen molar-refractivity contribution in [3.8, 4) is 17.0 Å². The third-order valence-corrected chi connectivity index (χ3v) is 8.01. The number of aromatic nitrogens is 1. The number of ether oxygens (including phenoxy) is 2. The summed E-state index contributed by atoms with van der Waals surface area (Å²) >= 11 is 0. The van der Waals surface area contributed by atoms with Gasteiger partial charge in [0.2, 0.25) is 5.91 Å². The predicted molar refractivity (Wildman–Crippen MR) is 187 cm³/mol. The average molecular weight is 654 g/mol. The van der Waals surface area contributed by atoms with Gasteiger partial charge < -0.3 is 25.2 Å². The quantitative estimate of drug-likeness (QED) is 0.130. The molecule has 0 aliphatic carbocycles. The van der Waals surface area contributed by atoms with Crippen LogP contribution < -0.4 is 20.8 Å². The normalized spacial score (nSPS) is 13.3. The van der Waals surface area contributed by atoms with Gasteiger partial charge >= 0.3 is 6.09 Å². The van der Waals surface area contributed by atoms with Crippen molar-refractivity contribution in [2.24, 2.45) is 5.41 Å². The van der Waals surface area contributed by atoms with Crippen LogP contribution in [0.5, 0.6) is 5.75 Å². The van der Waals surface area contributed by atoms with Crippen LogP contribution in [0.4, 0.5) is 4.79 Å². The lowest BCUT2D eigenvalue weighted by Crippen LogP contribution is -2.59. The number of aliphatic hydroxyl groups excluding tert-OH is 1. The number of hydrogen-bond donors (Lipinski definition) is 4. The fraction of sp³-hybridized carbons (Fsp3) is 0.342. The average Bonchev–Trinajstić information content (AvgIpc) is 3.10. The van der Waals surface area contributed by atoms with Crippen molar-refractivity contribution in [3.05, 3.63) is 120 Å². The molecule has 48 heavy (non-hydrogen) atoms. The first kappa shape index (κ1) is 36.1. The van der Waals surface area contributed by atoms with Crippen molar-refractivity contribution in [2.45, 2.75) is 58.5 Å². The SMILES string of the molecule is CNN(Cc1ccc(-c2ccccn2)cc1)C[C@H](O)[C@H](Cc1ccc(OCc2ccccc2)cc1)NC(=O)[C@@H](NC(=O)OC)C(C)(C)C. The Morgan fingerprint density at radius 2 is 1.52 bits per heavy atom. The monoisotopic (exact) mass is 653 g/mol. The third kappa shape index (κ3) is 10.9. The van der Waals surface area contributed by atoms with Crippen LogP contribution in [0.3, 0.4) is 0 Å². The number of alkyl carbamates (subject to hydrolysis) is 1. The molecule has 4 rings (SSSR count). The Kier molecular flexibility index (Phi) is 13.1. The molecule has 4 N–H and O–H groups in total. The lowest BCUT2D eigenvalue weighted by Gasteiger charge is -2.34. The summed E-state index contributed by atoms with van der Waals surface area (Å²) in [5.74, 6) is 0.301. The van der Waals surface area contributed by atoms with Gasteiger partial charge in [0, 0.05) is 24.8 Å². The van der Waals surface area contributed by atoms with Crippen LogP contribution in [-0.2, 0) is 29.1 Å². The number of rotatable bonds is 15. The molecule has 0 bridgehead atoms. The fourth-order valence-corrected chi connectivity index (χ4v) is 5.24. The first-order valence-electron chi connectivity index (χ1n) is 16.1. The van der Waals surface area contributed by atoms with Gasteiger partial charge in [-0.25, -0.2) is 9.80 Å². The number of benzene rings is 3. The van der Waals surface area contributed by atoms with Gasteiger partial charge in [0.25, 0.3) is 0 Å². The van der Waals surface area contributed by atoms with Crippen LogP contribution in [-0.4, -0.2) is 66.0 Å². The molecule has 254 valence electrons. The van der Waals surface area contributed by atoms with Crippen molar-refractivity contribution >= 4 is 12.0 Å². The molecule has 0 saturated carbocycles. The van der Waals surface area contributed by atoms with E-state index in [1.807, 2.05) is 123 Å². The topological polar surface area (TPSA) is 125 Å². The Morgan fingerprint density at radius 3 is 2.12 bits per heavy atom. The number of nitrogens with zero attached hydrogens (tertiary/aromatic N) is 2. The summed E-state index contributed by atoms with van der Waals surface area (Å²) in [6, 6.07) is 29.9. The van der Waals surface area contributed by atoms with Gasteiger partial charge in [-0.3, -0.25) is 15.2 Å². The zero-order valence-electron chi connectivity index (χ0n) is 28.4. The van der Waals surface area contributed by atoms with Gasteiger partial charge in [0.05, 0.1) is 24.9 Å². The minimum atomic E-state index is -0.970. The highest BCUT2D eigenvalue weighted by Crippen LogP contribution is 2.22. The van der Waals surface area contributed by atoms with Crippen LogP contribution in [0.25, 0.3) is 11.3 Å². The van der Waals surface area contributed by atoms with Gasteiger partial charge in [0.1, 0.15) is 18.4 Å².